The third-order valence-corrected chi connectivity index (χ3v) is 2.46. The lowest BCUT2D eigenvalue weighted by Crippen LogP contribution is -1.74. The van der Waals surface area contributed by atoms with Gasteiger partial charge in [0, 0.05) is 5.38 Å². The Labute approximate surface area is 53.4 Å². The van der Waals surface area contributed by atoms with Gasteiger partial charge in [-0.15, -0.1) is 0 Å². The van der Waals surface area contributed by atoms with Crippen molar-refractivity contribution < 1.29 is 4.79 Å². The SMILES string of the molecule is O=Cc1csc(=O)s1. The lowest BCUT2D eigenvalue weighted by Gasteiger charge is -1.63. The first-order valence-corrected chi connectivity index (χ1v) is 3.56. The molecule has 0 N–H and O–H groups in total. The number of carbonyl (C=O) groups excluding carboxylic acids is 1. The Balaban J connectivity index is 3.18. The summed E-state index contributed by atoms with van der Waals surface area (Å²) in [4.78, 5) is 20.7. The van der Waals surface area contributed by atoms with Crippen molar-refractivity contribution in [2.45, 2.75) is 0 Å². The third-order valence-electron chi connectivity index (χ3n) is 0.589. The topological polar surface area (TPSA) is 34.1 Å². The average molecular weight is 146 g/mol. The van der Waals surface area contributed by atoms with Gasteiger partial charge < -0.3 is 0 Å². The molecule has 0 aliphatic rings. The highest BCUT2D eigenvalue weighted by atomic mass is 32.2. The Hall–Kier alpha value is -0.480. The highest BCUT2D eigenvalue weighted by molar-refractivity contribution is 7.27. The standard InChI is InChI=1S/C4H2O2S2/c5-1-3-2-7-4(6)8-3/h1-2H. The minimum absolute atomic E-state index is 0.0212. The van der Waals surface area contributed by atoms with Crippen LogP contribution in [-0.4, -0.2) is 6.29 Å². The van der Waals surface area contributed by atoms with E-state index in [-0.39, 0.29) is 4.06 Å². The first-order chi connectivity index (χ1) is 3.83. The van der Waals surface area contributed by atoms with E-state index in [9.17, 15) is 9.59 Å². The summed E-state index contributed by atoms with van der Waals surface area (Å²) in [7, 11) is 0. The molecule has 8 heavy (non-hydrogen) atoms. The van der Waals surface area contributed by atoms with Crippen molar-refractivity contribution in [1.82, 2.24) is 0 Å². The third kappa shape index (κ3) is 1.02. The Kier molecular flexibility index (Phi) is 1.55. The zero-order valence-corrected chi connectivity index (χ0v) is 5.42. The summed E-state index contributed by atoms with van der Waals surface area (Å²) in [5.41, 5.74) is 0. The molecule has 0 unspecified atom stereocenters. The summed E-state index contributed by atoms with van der Waals surface area (Å²) < 4.78 is -0.0212. The van der Waals surface area contributed by atoms with Gasteiger partial charge in [0.05, 0.1) is 4.88 Å². The average Bonchev–Trinajstić information content (AvgIpc) is 2.14. The highest BCUT2D eigenvalue weighted by Crippen LogP contribution is 2.01. The van der Waals surface area contributed by atoms with Gasteiger partial charge in [0.2, 0.25) is 0 Å². The zero-order chi connectivity index (χ0) is 5.98. The van der Waals surface area contributed by atoms with Crippen LogP contribution >= 0.6 is 22.7 Å². The van der Waals surface area contributed by atoms with Gasteiger partial charge in [-0.2, -0.15) is 0 Å². The van der Waals surface area contributed by atoms with Crippen LogP contribution in [0.1, 0.15) is 9.67 Å². The molecule has 4 heteroatoms. The van der Waals surface area contributed by atoms with Crippen LogP contribution in [0.2, 0.25) is 0 Å². The number of carbonyl (C=O) groups is 1. The predicted octanol–water partition coefficient (Wildman–Crippen LogP) is 0.982. The molecule has 0 aromatic carbocycles. The molecule has 0 amide bonds. The van der Waals surface area contributed by atoms with Crippen LogP contribution in [0.25, 0.3) is 0 Å². The molecule has 0 aliphatic carbocycles. The van der Waals surface area contributed by atoms with Crippen molar-refractivity contribution >= 4 is 29.0 Å². The Morgan fingerprint density at radius 2 is 2.38 bits per heavy atom. The minimum atomic E-state index is -0.0212. The normalized spacial score (nSPS) is 9.00. The molecule has 0 saturated heterocycles. The van der Waals surface area contributed by atoms with Crippen LogP contribution in [0.4, 0.5) is 0 Å². The summed E-state index contributed by atoms with van der Waals surface area (Å²) in [5.74, 6) is 0. The van der Waals surface area contributed by atoms with Crippen molar-refractivity contribution in [2.75, 3.05) is 0 Å². The molecular formula is C4H2O2S2. The molecule has 42 valence electrons. The maximum atomic E-state index is 10.3. The zero-order valence-electron chi connectivity index (χ0n) is 3.79. The first kappa shape index (κ1) is 5.65. The van der Waals surface area contributed by atoms with Gasteiger partial charge in [-0.05, 0) is 0 Å². The molecule has 1 aromatic rings. The van der Waals surface area contributed by atoms with Crippen LogP contribution in [0, 0.1) is 0 Å². The van der Waals surface area contributed by atoms with Crippen LogP contribution < -0.4 is 4.06 Å². The van der Waals surface area contributed by atoms with Crippen molar-refractivity contribution in [2.24, 2.45) is 0 Å². The largest absolute Gasteiger partial charge is 0.297 e. The number of hydrogen-bond donors (Lipinski definition) is 0. The molecule has 2 nitrogen and oxygen atoms in total. The van der Waals surface area contributed by atoms with Gasteiger partial charge in [-0.1, -0.05) is 22.7 Å². The molecule has 0 saturated carbocycles. The van der Waals surface area contributed by atoms with Crippen molar-refractivity contribution in [3.05, 3.63) is 19.1 Å². The van der Waals surface area contributed by atoms with E-state index >= 15 is 0 Å². The van der Waals surface area contributed by atoms with Crippen LogP contribution in [0.5, 0.6) is 0 Å². The second-order valence-electron chi connectivity index (χ2n) is 1.11. The molecule has 1 aromatic heterocycles. The maximum Gasteiger partial charge on any atom is 0.288 e. The highest BCUT2D eigenvalue weighted by Gasteiger charge is 1.91. The molecule has 1 rings (SSSR count). The minimum Gasteiger partial charge on any atom is -0.297 e. The molecule has 1 heterocycles. The van der Waals surface area contributed by atoms with Crippen molar-refractivity contribution in [3.63, 3.8) is 0 Å². The lowest BCUT2D eigenvalue weighted by molar-refractivity contribution is 0.112. The molecule has 0 aliphatic heterocycles. The van der Waals surface area contributed by atoms with Crippen molar-refractivity contribution in [3.8, 4) is 0 Å². The van der Waals surface area contributed by atoms with E-state index in [4.69, 9.17) is 0 Å². The van der Waals surface area contributed by atoms with Crippen LogP contribution in [-0.2, 0) is 0 Å². The Bertz CT molecular complexity index is 234. The van der Waals surface area contributed by atoms with Crippen LogP contribution in [0.15, 0.2) is 10.2 Å². The second-order valence-corrected chi connectivity index (χ2v) is 3.25. The molecule has 0 spiro atoms. The summed E-state index contributed by atoms with van der Waals surface area (Å²) >= 11 is 2.04. The molecule has 0 bridgehead atoms. The van der Waals surface area contributed by atoms with Gasteiger partial charge in [0.1, 0.15) is 0 Å². The fourth-order valence-electron chi connectivity index (χ4n) is 0.302. The van der Waals surface area contributed by atoms with Gasteiger partial charge >= 0.3 is 0 Å². The molecule has 0 fully saturated rings. The van der Waals surface area contributed by atoms with E-state index in [0.717, 1.165) is 22.7 Å². The number of rotatable bonds is 1. The summed E-state index contributed by atoms with van der Waals surface area (Å²) in [5, 5.41) is 1.56. The van der Waals surface area contributed by atoms with Crippen LogP contribution in [0.3, 0.4) is 0 Å². The van der Waals surface area contributed by atoms with E-state index < -0.39 is 0 Å². The Morgan fingerprint density at radius 3 is 2.62 bits per heavy atom. The maximum absolute atomic E-state index is 10.3. The van der Waals surface area contributed by atoms with Crippen molar-refractivity contribution in [1.29, 1.82) is 0 Å². The van der Waals surface area contributed by atoms with E-state index in [1.54, 1.807) is 5.38 Å². The molecule has 0 atom stereocenters. The predicted molar refractivity (Wildman–Crippen MR) is 33.9 cm³/mol. The lowest BCUT2D eigenvalue weighted by atomic mass is 10.7. The first-order valence-electron chi connectivity index (χ1n) is 1.87. The Morgan fingerprint density at radius 1 is 1.62 bits per heavy atom. The van der Waals surface area contributed by atoms with E-state index in [1.807, 2.05) is 0 Å². The fraction of sp³-hybridized carbons (Fsp3) is 0. The van der Waals surface area contributed by atoms with E-state index in [1.165, 1.54) is 0 Å². The summed E-state index contributed by atoms with van der Waals surface area (Å²) in [6.07, 6.45) is 0.683. The number of aldehydes is 1. The number of hydrogen-bond acceptors (Lipinski definition) is 4. The quantitative estimate of drug-likeness (QED) is 0.553. The molecular weight excluding hydrogens is 144 g/mol. The van der Waals surface area contributed by atoms with Gasteiger partial charge in [0.15, 0.2) is 6.29 Å². The molecule has 0 radical (unpaired) electrons. The fourth-order valence-corrected chi connectivity index (χ4v) is 1.77. The van der Waals surface area contributed by atoms with E-state index in [2.05, 4.69) is 0 Å². The second kappa shape index (κ2) is 2.19. The smallest absolute Gasteiger partial charge is 0.288 e. The van der Waals surface area contributed by atoms with E-state index in [0.29, 0.717) is 11.2 Å². The van der Waals surface area contributed by atoms with Gasteiger partial charge in [-0.25, -0.2) is 0 Å². The van der Waals surface area contributed by atoms with Gasteiger partial charge in [0.25, 0.3) is 4.06 Å². The monoisotopic (exact) mass is 146 g/mol. The van der Waals surface area contributed by atoms with Gasteiger partial charge in [-0.3, -0.25) is 9.59 Å². The summed E-state index contributed by atoms with van der Waals surface area (Å²) in [6.45, 7) is 0. The summed E-state index contributed by atoms with van der Waals surface area (Å²) in [6, 6.07) is 0.